The number of aliphatic hydroxyl groups is 1. The van der Waals surface area contributed by atoms with Crippen molar-refractivity contribution in [3.8, 4) is 0 Å². The van der Waals surface area contributed by atoms with Crippen LogP contribution in [-0.4, -0.2) is 36.1 Å². The third kappa shape index (κ3) is 8.23. The van der Waals surface area contributed by atoms with Gasteiger partial charge in [-0.1, -0.05) is 20.3 Å². The highest BCUT2D eigenvalue weighted by Crippen LogP contribution is 1.93. The Morgan fingerprint density at radius 1 is 1.12 bits per heavy atom. The fourth-order valence-corrected chi connectivity index (χ4v) is 1.22. The molecule has 0 aromatic carbocycles. The number of hydrogen-bond donors (Lipinski definition) is 3. The Kier molecular flexibility index (Phi) is 8.52. The van der Waals surface area contributed by atoms with Crippen molar-refractivity contribution < 1.29 is 14.7 Å². The maximum Gasteiger partial charge on any atom is 0.239 e. The first-order valence-electron chi connectivity index (χ1n) is 5.81. The summed E-state index contributed by atoms with van der Waals surface area (Å²) in [7, 11) is 0. The molecule has 3 N–H and O–H groups in total. The molecule has 0 radical (unpaired) electrons. The molecule has 0 heterocycles. The molecule has 0 aliphatic rings. The monoisotopic (exact) mass is 230 g/mol. The second-order valence-electron chi connectivity index (χ2n) is 3.77. The van der Waals surface area contributed by atoms with Crippen LogP contribution in [0.4, 0.5) is 0 Å². The van der Waals surface area contributed by atoms with Crippen LogP contribution in [0.15, 0.2) is 0 Å². The Bertz CT molecular complexity index is 219. The lowest BCUT2D eigenvalue weighted by Crippen LogP contribution is -2.39. The maximum atomic E-state index is 11.2. The van der Waals surface area contributed by atoms with Crippen molar-refractivity contribution in [2.45, 2.75) is 45.6 Å². The molecule has 0 saturated heterocycles. The number of rotatable bonds is 8. The van der Waals surface area contributed by atoms with Crippen molar-refractivity contribution in [2.75, 3.05) is 13.1 Å². The molecule has 0 aromatic rings. The molecule has 0 aliphatic heterocycles. The lowest BCUT2D eigenvalue weighted by molar-refractivity contribution is -0.126. The molecule has 0 aliphatic carbocycles. The van der Waals surface area contributed by atoms with Crippen LogP contribution in [0, 0.1) is 0 Å². The van der Waals surface area contributed by atoms with E-state index in [1.807, 2.05) is 13.8 Å². The number of carbonyl (C=O) groups is 2. The van der Waals surface area contributed by atoms with Gasteiger partial charge in [0, 0.05) is 13.0 Å². The molecule has 1 unspecified atom stereocenters. The molecule has 0 rings (SSSR count). The van der Waals surface area contributed by atoms with Crippen molar-refractivity contribution in [3.63, 3.8) is 0 Å². The third-order valence-electron chi connectivity index (χ3n) is 2.08. The molecule has 0 bridgehead atoms. The molecule has 16 heavy (non-hydrogen) atoms. The van der Waals surface area contributed by atoms with E-state index in [0.717, 1.165) is 12.8 Å². The Labute approximate surface area is 96.6 Å². The lowest BCUT2D eigenvalue weighted by atomic mass is 10.2. The Balaban J connectivity index is 3.55. The van der Waals surface area contributed by atoms with Crippen LogP contribution in [0.1, 0.15) is 39.5 Å². The van der Waals surface area contributed by atoms with Crippen LogP contribution in [0.3, 0.4) is 0 Å². The number of amides is 2. The molecule has 0 aromatic heterocycles. The van der Waals surface area contributed by atoms with Gasteiger partial charge in [0.05, 0.1) is 12.6 Å². The van der Waals surface area contributed by atoms with Gasteiger partial charge in [0.2, 0.25) is 11.8 Å². The Hall–Kier alpha value is -1.10. The summed E-state index contributed by atoms with van der Waals surface area (Å²) in [6.45, 7) is 4.10. The van der Waals surface area contributed by atoms with Crippen molar-refractivity contribution in [2.24, 2.45) is 0 Å². The molecule has 94 valence electrons. The second-order valence-corrected chi connectivity index (χ2v) is 3.77. The highest BCUT2D eigenvalue weighted by molar-refractivity contribution is 5.84. The Morgan fingerprint density at radius 3 is 2.38 bits per heavy atom. The molecule has 5 heteroatoms. The summed E-state index contributed by atoms with van der Waals surface area (Å²) in [5.74, 6) is -0.383. The minimum atomic E-state index is -0.500. The summed E-state index contributed by atoms with van der Waals surface area (Å²) in [6, 6.07) is 0. The summed E-state index contributed by atoms with van der Waals surface area (Å²) < 4.78 is 0. The van der Waals surface area contributed by atoms with Gasteiger partial charge >= 0.3 is 0 Å². The molecule has 0 spiro atoms. The molecular formula is C11H22N2O3. The van der Waals surface area contributed by atoms with E-state index in [4.69, 9.17) is 0 Å². The zero-order valence-electron chi connectivity index (χ0n) is 10.1. The SMILES string of the molecule is CCCC(=O)NCC(=O)NCC(O)CCC. The lowest BCUT2D eigenvalue weighted by Gasteiger charge is -2.10. The molecule has 5 nitrogen and oxygen atoms in total. The molecule has 0 saturated carbocycles. The van der Waals surface area contributed by atoms with Gasteiger partial charge in [-0.2, -0.15) is 0 Å². The van der Waals surface area contributed by atoms with E-state index >= 15 is 0 Å². The van der Waals surface area contributed by atoms with E-state index < -0.39 is 6.10 Å². The van der Waals surface area contributed by atoms with Crippen molar-refractivity contribution in [3.05, 3.63) is 0 Å². The van der Waals surface area contributed by atoms with Crippen molar-refractivity contribution in [1.29, 1.82) is 0 Å². The maximum absolute atomic E-state index is 11.2. The summed E-state index contributed by atoms with van der Waals surface area (Å²) in [5.41, 5.74) is 0. The molecular weight excluding hydrogens is 208 g/mol. The summed E-state index contributed by atoms with van der Waals surface area (Å²) in [5, 5.41) is 14.4. The van der Waals surface area contributed by atoms with E-state index in [1.54, 1.807) is 0 Å². The third-order valence-corrected chi connectivity index (χ3v) is 2.08. The van der Waals surface area contributed by atoms with Crippen LogP contribution in [0.5, 0.6) is 0 Å². The van der Waals surface area contributed by atoms with Gasteiger partial charge in [-0.25, -0.2) is 0 Å². The number of carbonyl (C=O) groups excluding carboxylic acids is 2. The van der Waals surface area contributed by atoms with Gasteiger partial charge in [0.1, 0.15) is 0 Å². The quantitative estimate of drug-likeness (QED) is 0.556. The van der Waals surface area contributed by atoms with E-state index in [-0.39, 0.29) is 24.9 Å². The number of nitrogens with one attached hydrogen (secondary N) is 2. The minimum absolute atomic E-state index is 0.0162. The highest BCUT2D eigenvalue weighted by Gasteiger charge is 2.07. The number of aliphatic hydroxyl groups excluding tert-OH is 1. The predicted molar refractivity (Wildman–Crippen MR) is 61.8 cm³/mol. The van der Waals surface area contributed by atoms with Crippen LogP contribution >= 0.6 is 0 Å². The fourth-order valence-electron chi connectivity index (χ4n) is 1.22. The van der Waals surface area contributed by atoms with E-state index in [1.165, 1.54) is 0 Å². The zero-order chi connectivity index (χ0) is 12.4. The van der Waals surface area contributed by atoms with Crippen molar-refractivity contribution in [1.82, 2.24) is 10.6 Å². The minimum Gasteiger partial charge on any atom is -0.391 e. The van der Waals surface area contributed by atoms with E-state index in [2.05, 4.69) is 10.6 Å². The number of hydrogen-bond acceptors (Lipinski definition) is 3. The smallest absolute Gasteiger partial charge is 0.239 e. The molecule has 1 atom stereocenters. The first-order valence-corrected chi connectivity index (χ1v) is 5.81. The van der Waals surface area contributed by atoms with Gasteiger partial charge in [-0.05, 0) is 12.8 Å². The zero-order valence-corrected chi connectivity index (χ0v) is 10.1. The van der Waals surface area contributed by atoms with Gasteiger partial charge in [-0.3, -0.25) is 9.59 Å². The normalized spacial score (nSPS) is 11.9. The predicted octanol–water partition coefficient (Wildman–Crippen LogP) is 0.180. The first-order chi connectivity index (χ1) is 7.60. The standard InChI is InChI=1S/C11H22N2O3/c1-3-5-9(14)7-12-11(16)8-13-10(15)6-4-2/h9,14H,3-8H2,1-2H3,(H,12,16)(H,13,15). The van der Waals surface area contributed by atoms with Crippen LogP contribution in [0.2, 0.25) is 0 Å². The largest absolute Gasteiger partial charge is 0.391 e. The molecule has 2 amide bonds. The average molecular weight is 230 g/mol. The molecule has 0 fully saturated rings. The van der Waals surface area contributed by atoms with Gasteiger partial charge in [0.15, 0.2) is 0 Å². The van der Waals surface area contributed by atoms with Crippen LogP contribution < -0.4 is 10.6 Å². The van der Waals surface area contributed by atoms with E-state index in [0.29, 0.717) is 12.8 Å². The summed E-state index contributed by atoms with van der Waals surface area (Å²) in [6.07, 6.45) is 2.25. The van der Waals surface area contributed by atoms with Crippen LogP contribution in [0.25, 0.3) is 0 Å². The highest BCUT2D eigenvalue weighted by atomic mass is 16.3. The topological polar surface area (TPSA) is 78.4 Å². The first kappa shape index (κ1) is 14.9. The fraction of sp³-hybridized carbons (Fsp3) is 0.818. The van der Waals surface area contributed by atoms with Crippen molar-refractivity contribution >= 4 is 11.8 Å². The average Bonchev–Trinajstić information content (AvgIpc) is 2.24. The van der Waals surface area contributed by atoms with Gasteiger partial charge < -0.3 is 15.7 Å². The second kappa shape index (κ2) is 9.15. The summed E-state index contributed by atoms with van der Waals surface area (Å²) >= 11 is 0. The van der Waals surface area contributed by atoms with E-state index in [9.17, 15) is 14.7 Å². The van der Waals surface area contributed by atoms with Gasteiger partial charge in [0.25, 0.3) is 0 Å². The van der Waals surface area contributed by atoms with Crippen LogP contribution in [-0.2, 0) is 9.59 Å². The summed E-state index contributed by atoms with van der Waals surface area (Å²) in [4.78, 5) is 22.3. The Morgan fingerprint density at radius 2 is 1.81 bits per heavy atom. The van der Waals surface area contributed by atoms with Gasteiger partial charge in [-0.15, -0.1) is 0 Å².